The molecule has 13 rings (SSSR count). The summed E-state index contributed by atoms with van der Waals surface area (Å²) in [5.74, 6) is 1.80. The van der Waals surface area contributed by atoms with E-state index in [-0.39, 0.29) is 10.8 Å². The van der Waals surface area contributed by atoms with Crippen LogP contribution in [0.5, 0.6) is 11.5 Å². The van der Waals surface area contributed by atoms with Gasteiger partial charge < -0.3 is 9.64 Å². The molecule has 1 spiro atoms. The van der Waals surface area contributed by atoms with Crippen LogP contribution in [0, 0.1) is 0 Å². The second-order valence-corrected chi connectivity index (χ2v) is 18.5. The molecule has 9 aromatic rings. The molecule has 0 bridgehead atoms. The highest BCUT2D eigenvalue weighted by Gasteiger charge is 2.51. The molecule has 0 radical (unpaired) electrons. The lowest BCUT2D eigenvalue weighted by atomic mass is 9.66. The number of hydrogen-bond donors (Lipinski definition) is 0. The first-order chi connectivity index (χ1) is 29.7. The van der Waals surface area contributed by atoms with Gasteiger partial charge in [-0.05, 0) is 132 Å². The van der Waals surface area contributed by atoms with Crippen molar-refractivity contribution in [1.29, 1.82) is 0 Å². The van der Waals surface area contributed by atoms with Gasteiger partial charge in [0.25, 0.3) is 0 Å². The third kappa shape index (κ3) is 4.47. The monoisotopic (exact) mass is 781 g/mol. The van der Waals surface area contributed by atoms with Crippen LogP contribution in [0.25, 0.3) is 44.2 Å². The Morgan fingerprint density at radius 1 is 0.311 bits per heavy atom. The van der Waals surface area contributed by atoms with Crippen LogP contribution < -0.4 is 9.64 Å². The van der Waals surface area contributed by atoms with Crippen molar-refractivity contribution in [3.63, 3.8) is 0 Å². The van der Waals surface area contributed by atoms with E-state index in [1.807, 2.05) is 0 Å². The highest BCUT2D eigenvalue weighted by Crippen LogP contribution is 2.63. The third-order valence-electron chi connectivity index (χ3n) is 14.7. The summed E-state index contributed by atoms with van der Waals surface area (Å²) >= 11 is 0. The van der Waals surface area contributed by atoms with Crippen molar-refractivity contribution < 1.29 is 4.74 Å². The Bertz CT molecular complexity index is 3210. The highest BCUT2D eigenvalue weighted by atomic mass is 16.5. The molecule has 2 heteroatoms. The summed E-state index contributed by atoms with van der Waals surface area (Å²) in [6, 6.07) is 70.2. The fourth-order valence-electron chi connectivity index (χ4n) is 11.8. The molecule has 0 saturated carbocycles. The predicted molar refractivity (Wildman–Crippen MR) is 251 cm³/mol. The van der Waals surface area contributed by atoms with Gasteiger partial charge in [0.15, 0.2) is 0 Å². The van der Waals surface area contributed by atoms with Crippen molar-refractivity contribution in [3.05, 3.63) is 233 Å². The van der Waals surface area contributed by atoms with Crippen LogP contribution in [-0.2, 0) is 16.2 Å². The number of fused-ring (bicyclic) bond motifs is 16. The van der Waals surface area contributed by atoms with Crippen molar-refractivity contribution >= 4 is 27.8 Å². The van der Waals surface area contributed by atoms with Crippen LogP contribution in [0.2, 0.25) is 0 Å². The molecule has 1 aliphatic heterocycles. The van der Waals surface area contributed by atoms with Gasteiger partial charge in [0.2, 0.25) is 0 Å². The molecular formula is C59H43NO. The Hall–Kier alpha value is -7.16. The number of nitrogens with zero attached hydrogens (tertiary/aromatic N) is 1. The minimum absolute atomic E-state index is 0.126. The SMILES string of the molecule is CC1(C)c2ccccc2-c2ccc(N(c3ccc4c(c3)C(C)(C)c3ccccc3-4)c3ccc4cc5c(cc4c3)Oc3ccccc3C53c4ccccc4-c4ccccc43)cc21. The van der Waals surface area contributed by atoms with E-state index in [1.165, 1.54) is 83.3 Å². The number of ether oxygens (including phenoxy) is 1. The molecular weight excluding hydrogens is 739 g/mol. The van der Waals surface area contributed by atoms with E-state index < -0.39 is 5.41 Å². The van der Waals surface area contributed by atoms with Gasteiger partial charge in [-0.1, -0.05) is 161 Å². The molecule has 0 saturated heterocycles. The molecule has 0 unspecified atom stereocenters. The first-order valence-electron chi connectivity index (χ1n) is 21.6. The summed E-state index contributed by atoms with van der Waals surface area (Å²) in [7, 11) is 0. The molecule has 0 amide bonds. The van der Waals surface area contributed by atoms with Crippen molar-refractivity contribution in [1.82, 2.24) is 0 Å². The maximum Gasteiger partial charge on any atom is 0.132 e. The molecule has 0 aromatic heterocycles. The van der Waals surface area contributed by atoms with E-state index in [0.717, 1.165) is 33.9 Å². The molecule has 0 fully saturated rings. The normalized spacial score (nSPS) is 15.7. The fraction of sp³-hybridized carbons (Fsp3) is 0.119. The van der Waals surface area contributed by atoms with Crippen LogP contribution in [0.3, 0.4) is 0 Å². The summed E-state index contributed by atoms with van der Waals surface area (Å²) in [5.41, 5.74) is 21.0. The zero-order chi connectivity index (χ0) is 40.8. The van der Waals surface area contributed by atoms with E-state index in [1.54, 1.807) is 0 Å². The highest BCUT2D eigenvalue weighted by molar-refractivity contribution is 5.96. The van der Waals surface area contributed by atoms with Crippen LogP contribution >= 0.6 is 0 Å². The Morgan fingerprint density at radius 2 is 0.738 bits per heavy atom. The van der Waals surface area contributed by atoms with E-state index in [2.05, 4.69) is 221 Å². The first kappa shape index (κ1) is 34.7. The Kier molecular flexibility index (Phi) is 6.81. The van der Waals surface area contributed by atoms with Gasteiger partial charge in [0.05, 0.1) is 5.41 Å². The van der Waals surface area contributed by atoms with Gasteiger partial charge in [-0.2, -0.15) is 0 Å². The zero-order valence-electron chi connectivity index (χ0n) is 34.8. The lowest BCUT2D eigenvalue weighted by molar-refractivity contribution is 0.437. The van der Waals surface area contributed by atoms with Crippen LogP contribution in [-0.4, -0.2) is 0 Å². The van der Waals surface area contributed by atoms with E-state index in [4.69, 9.17) is 4.74 Å². The van der Waals surface area contributed by atoms with Crippen molar-refractivity contribution in [2.75, 3.05) is 4.90 Å². The molecule has 1 heterocycles. The van der Waals surface area contributed by atoms with Crippen molar-refractivity contribution in [2.24, 2.45) is 0 Å². The summed E-state index contributed by atoms with van der Waals surface area (Å²) < 4.78 is 6.97. The van der Waals surface area contributed by atoms with E-state index in [0.29, 0.717) is 0 Å². The Labute approximate surface area is 357 Å². The zero-order valence-corrected chi connectivity index (χ0v) is 34.8. The summed E-state index contributed by atoms with van der Waals surface area (Å²) in [5, 5.41) is 2.32. The van der Waals surface area contributed by atoms with Crippen LogP contribution in [0.4, 0.5) is 17.1 Å². The lowest BCUT2D eigenvalue weighted by Gasteiger charge is -2.39. The molecule has 2 nitrogen and oxygen atoms in total. The molecule has 9 aromatic carbocycles. The minimum atomic E-state index is -0.500. The predicted octanol–water partition coefficient (Wildman–Crippen LogP) is 15.4. The molecule has 0 atom stereocenters. The van der Waals surface area contributed by atoms with Gasteiger partial charge in [0.1, 0.15) is 11.5 Å². The largest absolute Gasteiger partial charge is 0.457 e. The topological polar surface area (TPSA) is 12.5 Å². The number of anilines is 3. The minimum Gasteiger partial charge on any atom is -0.457 e. The summed E-state index contributed by atoms with van der Waals surface area (Å²) in [6.45, 7) is 9.47. The fourth-order valence-corrected chi connectivity index (χ4v) is 11.8. The van der Waals surface area contributed by atoms with Crippen molar-refractivity contribution in [3.8, 4) is 44.9 Å². The number of hydrogen-bond acceptors (Lipinski definition) is 2. The number of benzene rings is 9. The molecule has 3 aliphatic carbocycles. The van der Waals surface area contributed by atoms with Gasteiger partial charge in [-0.3, -0.25) is 0 Å². The maximum atomic E-state index is 6.97. The molecule has 4 aliphatic rings. The Morgan fingerprint density at radius 3 is 1.30 bits per heavy atom. The summed E-state index contributed by atoms with van der Waals surface area (Å²) in [4.78, 5) is 2.47. The molecule has 290 valence electrons. The number of rotatable bonds is 3. The van der Waals surface area contributed by atoms with Gasteiger partial charge in [-0.25, -0.2) is 0 Å². The second-order valence-electron chi connectivity index (χ2n) is 18.5. The van der Waals surface area contributed by atoms with E-state index >= 15 is 0 Å². The smallest absolute Gasteiger partial charge is 0.132 e. The Balaban J connectivity index is 1.02. The molecule has 0 N–H and O–H groups in total. The van der Waals surface area contributed by atoms with Gasteiger partial charge in [0, 0.05) is 39.0 Å². The number of para-hydroxylation sites is 1. The first-order valence-corrected chi connectivity index (χ1v) is 21.6. The molecule has 61 heavy (non-hydrogen) atoms. The summed E-state index contributed by atoms with van der Waals surface area (Å²) in [6.07, 6.45) is 0. The third-order valence-corrected chi connectivity index (χ3v) is 14.7. The average molecular weight is 782 g/mol. The van der Waals surface area contributed by atoms with Crippen LogP contribution in [0.15, 0.2) is 188 Å². The van der Waals surface area contributed by atoms with Crippen molar-refractivity contribution in [2.45, 2.75) is 43.9 Å². The van der Waals surface area contributed by atoms with Gasteiger partial charge in [-0.15, -0.1) is 0 Å². The second kappa shape index (κ2) is 12.0. The standard InChI is InChI=1S/C59H43NO/c1-57(2)47-19-9-5-15-41(47)45-29-27-39(34-52(45)57)60(40-28-30-46-42-16-6-10-20-48(42)58(3,4)53(46)35-40)38-26-25-36-32-54-56(33-37(36)31-38)61-55-24-14-13-23-51(55)59(54)49-21-11-7-17-43(49)44-18-8-12-22-50(44)59/h5-35H,1-4H3. The lowest BCUT2D eigenvalue weighted by Crippen LogP contribution is -2.32. The average Bonchev–Trinajstić information content (AvgIpc) is 3.81. The van der Waals surface area contributed by atoms with Gasteiger partial charge >= 0.3 is 0 Å². The quantitative estimate of drug-likeness (QED) is 0.177. The van der Waals surface area contributed by atoms with Crippen LogP contribution in [0.1, 0.15) is 72.2 Å². The maximum absolute atomic E-state index is 6.97. The van der Waals surface area contributed by atoms with E-state index in [9.17, 15) is 0 Å².